The molecule has 0 saturated heterocycles. The van der Waals surface area contributed by atoms with Crippen LogP contribution in [0.2, 0.25) is 0 Å². The van der Waals surface area contributed by atoms with Crippen LogP contribution in [-0.4, -0.2) is 18.9 Å². The Labute approximate surface area is 149 Å². The van der Waals surface area contributed by atoms with E-state index in [9.17, 15) is 26.3 Å². The number of hydrogen-bond donors (Lipinski definition) is 2. The number of nitrogens with zero attached hydrogens (tertiary/aromatic N) is 1. The Hall–Kier alpha value is -3.11. The summed E-state index contributed by atoms with van der Waals surface area (Å²) in [5.74, 6) is -2.23. The third-order valence-corrected chi connectivity index (χ3v) is 3.07. The molecule has 0 aliphatic carbocycles. The lowest BCUT2D eigenvalue weighted by atomic mass is 10.2. The van der Waals surface area contributed by atoms with E-state index < -0.39 is 36.8 Å². The number of halogens is 6. The molecule has 0 radical (unpaired) electrons. The third kappa shape index (κ3) is 6.28. The zero-order chi connectivity index (χ0) is 20.0. The van der Waals surface area contributed by atoms with E-state index in [1.807, 2.05) is 0 Å². The fraction of sp³-hybridized carbons (Fsp3) is 0.188. The Morgan fingerprint density at radius 1 is 1.07 bits per heavy atom. The van der Waals surface area contributed by atoms with Crippen LogP contribution in [-0.2, 0) is 6.54 Å². The van der Waals surface area contributed by atoms with Crippen LogP contribution in [0.1, 0.15) is 5.56 Å². The summed E-state index contributed by atoms with van der Waals surface area (Å²) < 4.78 is 83.8. The molecule has 5 nitrogen and oxygen atoms in total. The van der Waals surface area contributed by atoms with Crippen molar-refractivity contribution in [3.8, 4) is 11.5 Å². The second-order valence-corrected chi connectivity index (χ2v) is 4.97. The topological polar surface area (TPSA) is 68.9 Å². The number of benzene rings is 2. The van der Waals surface area contributed by atoms with E-state index in [0.717, 1.165) is 18.2 Å². The molecule has 0 saturated carbocycles. The Morgan fingerprint density at radius 3 is 2.41 bits per heavy atom. The minimum atomic E-state index is -4.92. The number of para-hydroxylation sites is 2. The van der Waals surface area contributed by atoms with Crippen molar-refractivity contribution in [2.45, 2.75) is 19.5 Å². The lowest BCUT2D eigenvalue weighted by Crippen LogP contribution is -2.24. The van der Waals surface area contributed by atoms with E-state index in [0.29, 0.717) is 0 Å². The number of alkyl halides is 5. The standard InChI is InChI=1S/C16H13F6N3O2/c17-10-4-3-7-12(26-14(18)19)9(10)8-24-15(23)25-11-5-1-2-6-13(11)27-16(20,21)22/h1-7,14H,8H2,(H3,23,24,25). The number of nitrogens with two attached hydrogens (primary N) is 1. The SMILES string of the molecule is NC(=NCc1c(F)cccc1OC(F)F)Nc1ccccc1OC(F)(F)F. The van der Waals surface area contributed by atoms with Gasteiger partial charge in [-0.25, -0.2) is 9.38 Å². The van der Waals surface area contributed by atoms with Crippen LogP contribution < -0.4 is 20.5 Å². The maximum absolute atomic E-state index is 13.8. The average Bonchev–Trinajstić information content (AvgIpc) is 2.54. The van der Waals surface area contributed by atoms with E-state index in [2.05, 4.69) is 19.8 Å². The van der Waals surface area contributed by atoms with Crippen LogP contribution in [0.4, 0.5) is 32.0 Å². The van der Waals surface area contributed by atoms with Crippen LogP contribution in [0.25, 0.3) is 0 Å². The molecule has 2 aromatic carbocycles. The van der Waals surface area contributed by atoms with Gasteiger partial charge in [-0.3, -0.25) is 0 Å². The van der Waals surface area contributed by atoms with Crippen molar-refractivity contribution in [2.75, 3.05) is 5.32 Å². The molecule has 0 amide bonds. The van der Waals surface area contributed by atoms with Crippen molar-refractivity contribution in [1.29, 1.82) is 0 Å². The van der Waals surface area contributed by atoms with Crippen molar-refractivity contribution in [3.63, 3.8) is 0 Å². The zero-order valence-corrected chi connectivity index (χ0v) is 13.4. The predicted octanol–water partition coefficient (Wildman–Crippen LogP) is 4.25. The van der Waals surface area contributed by atoms with Gasteiger partial charge in [-0.05, 0) is 24.3 Å². The number of nitrogens with one attached hydrogen (secondary N) is 1. The quantitative estimate of drug-likeness (QED) is 0.437. The molecular weight excluding hydrogens is 380 g/mol. The van der Waals surface area contributed by atoms with Crippen LogP contribution in [0.5, 0.6) is 11.5 Å². The summed E-state index contributed by atoms with van der Waals surface area (Å²) in [6.07, 6.45) is -4.92. The van der Waals surface area contributed by atoms with Gasteiger partial charge in [0.25, 0.3) is 0 Å². The van der Waals surface area contributed by atoms with E-state index in [1.54, 1.807) is 0 Å². The third-order valence-electron chi connectivity index (χ3n) is 3.07. The molecule has 0 aliphatic rings. The van der Waals surface area contributed by atoms with Gasteiger partial charge in [-0.1, -0.05) is 18.2 Å². The van der Waals surface area contributed by atoms with Crippen LogP contribution in [0, 0.1) is 5.82 Å². The Kier molecular flexibility index (Phi) is 6.37. The van der Waals surface area contributed by atoms with Crippen molar-refractivity contribution >= 4 is 11.6 Å². The fourth-order valence-electron chi connectivity index (χ4n) is 2.02. The van der Waals surface area contributed by atoms with E-state index in [4.69, 9.17) is 5.73 Å². The average molecular weight is 393 g/mol. The fourth-order valence-corrected chi connectivity index (χ4v) is 2.02. The highest BCUT2D eigenvalue weighted by Crippen LogP contribution is 2.30. The molecule has 2 rings (SSSR count). The van der Waals surface area contributed by atoms with Crippen molar-refractivity contribution in [2.24, 2.45) is 10.7 Å². The summed E-state index contributed by atoms with van der Waals surface area (Å²) in [4.78, 5) is 3.74. The van der Waals surface area contributed by atoms with Crippen LogP contribution in [0.3, 0.4) is 0 Å². The number of rotatable bonds is 6. The van der Waals surface area contributed by atoms with E-state index >= 15 is 0 Å². The molecule has 0 heterocycles. The van der Waals surface area contributed by atoms with E-state index in [-0.39, 0.29) is 17.2 Å². The van der Waals surface area contributed by atoms with Gasteiger partial charge in [0.15, 0.2) is 11.7 Å². The van der Waals surface area contributed by atoms with Crippen molar-refractivity contribution < 1.29 is 35.8 Å². The molecule has 3 N–H and O–H groups in total. The molecule has 2 aromatic rings. The molecule has 0 unspecified atom stereocenters. The summed E-state index contributed by atoms with van der Waals surface area (Å²) in [6, 6.07) is 8.34. The molecule has 0 bridgehead atoms. The van der Waals surface area contributed by atoms with Gasteiger partial charge in [0, 0.05) is 0 Å². The van der Waals surface area contributed by atoms with E-state index in [1.165, 1.54) is 24.3 Å². The van der Waals surface area contributed by atoms with Crippen molar-refractivity contribution in [1.82, 2.24) is 0 Å². The number of ether oxygens (including phenoxy) is 2. The number of aliphatic imine (C=N–C) groups is 1. The number of anilines is 1. The Balaban J connectivity index is 2.17. The minimum Gasteiger partial charge on any atom is -0.434 e. The predicted molar refractivity (Wildman–Crippen MR) is 85.1 cm³/mol. The number of hydrogen-bond acceptors (Lipinski definition) is 3. The van der Waals surface area contributed by atoms with Gasteiger partial charge in [0.1, 0.15) is 11.6 Å². The molecule has 0 aromatic heterocycles. The molecule has 0 atom stereocenters. The van der Waals surface area contributed by atoms with Gasteiger partial charge < -0.3 is 20.5 Å². The maximum atomic E-state index is 13.8. The second-order valence-electron chi connectivity index (χ2n) is 4.97. The number of guanidine groups is 1. The largest absolute Gasteiger partial charge is 0.573 e. The summed E-state index contributed by atoms with van der Waals surface area (Å²) in [5, 5.41) is 2.37. The van der Waals surface area contributed by atoms with Crippen LogP contribution >= 0.6 is 0 Å². The summed E-state index contributed by atoms with van der Waals surface area (Å²) in [7, 11) is 0. The molecule has 0 aliphatic heterocycles. The summed E-state index contributed by atoms with van der Waals surface area (Å²) >= 11 is 0. The lowest BCUT2D eigenvalue weighted by molar-refractivity contribution is -0.274. The molecule has 27 heavy (non-hydrogen) atoms. The highest BCUT2D eigenvalue weighted by Gasteiger charge is 2.32. The molecular formula is C16H13F6N3O2. The Bertz CT molecular complexity index is 811. The van der Waals surface area contributed by atoms with Crippen molar-refractivity contribution in [3.05, 3.63) is 53.8 Å². The van der Waals surface area contributed by atoms with Gasteiger partial charge >= 0.3 is 13.0 Å². The monoisotopic (exact) mass is 393 g/mol. The lowest BCUT2D eigenvalue weighted by Gasteiger charge is -2.14. The molecule has 11 heteroatoms. The normalized spacial score (nSPS) is 12.2. The summed E-state index contributed by atoms with van der Waals surface area (Å²) in [6.45, 7) is -3.66. The first kappa shape index (κ1) is 20.2. The van der Waals surface area contributed by atoms with Crippen LogP contribution in [0.15, 0.2) is 47.5 Å². The van der Waals surface area contributed by atoms with Gasteiger partial charge in [0.2, 0.25) is 0 Å². The first-order chi connectivity index (χ1) is 12.7. The second kappa shape index (κ2) is 8.52. The van der Waals surface area contributed by atoms with Gasteiger partial charge in [0.05, 0.1) is 17.8 Å². The smallest absolute Gasteiger partial charge is 0.434 e. The molecule has 0 spiro atoms. The first-order valence-corrected chi connectivity index (χ1v) is 7.29. The minimum absolute atomic E-state index is 0.145. The molecule has 146 valence electrons. The highest BCUT2D eigenvalue weighted by atomic mass is 19.4. The molecule has 0 fully saturated rings. The summed E-state index contributed by atoms with van der Waals surface area (Å²) in [5.41, 5.74) is 5.14. The van der Waals surface area contributed by atoms with Gasteiger partial charge in [-0.15, -0.1) is 13.2 Å². The Morgan fingerprint density at radius 2 is 1.74 bits per heavy atom. The van der Waals surface area contributed by atoms with Gasteiger partial charge in [-0.2, -0.15) is 8.78 Å². The maximum Gasteiger partial charge on any atom is 0.573 e. The first-order valence-electron chi connectivity index (χ1n) is 7.29. The highest BCUT2D eigenvalue weighted by molar-refractivity contribution is 5.93. The zero-order valence-electron chi connectivity index (χ0n) is 13.4.